The Balaban J connectivity index is 1.36. The number of carbonyl (C=O) groups excluding carboxylic acids is 4. The number of fused-ring (bicyclic) bond motifs is 1. The number of benzene rings is 2. The third kappa shape index (κ3) is 7.61. The van der Waals surface area contributed by atoms with Crippen LogP contribution < -0.4 is 21.6 Å². The summed E-state index contributed by atoms with van der Waals surface area (Å²) in [5.74, 6) is -1.46. The first-order valence-electron chi connectivity index (χ1n) is 13.5. The maximum atomic E-state index is 13.2. The van der Waals surface area contributed by atoms with Crippen molar-refractivity contribution in [2.24, 2.45) is 0 Å². The van der Waals surface area contributed by atoms with E-state index in [4.69, 9.17) is 11.6 Å². The molecule has 0 saturated carbocycles. The predicted octanol–water partition coefficient (Wildman–Crippen LogP) is 3.92. The molecule has 14 heteroatoms. The monoisotopic (exact) mass is 637 g/mol. The number of halogens is 1. The first-order valence-corrected chi connectivity index (χ1v) is 15.8. The summed E-state index contributed by atoms with van der Waals surface area (Å²) in [4.78, 5) is 51.4. The minimum absolute atomic E-state index is 0.112. The van der Waals surface area contributed by atoms with Gasteiger partial charge in [0.1, 0.15) is 5.88 Å². The Kier molecular flexibility index (Phi) is 10.1. The summed E-state index contributed by atoms with van der Waals surface area (Å²) in [7, 11) is 0. The smallest absolute Gasteiger partial charge is 0.270 e. The normalized spacial score (nSPS) is 12.2. The van der Waals surface area contributed by atoms with E-state index >= 15 is 0 Å². The van der Waals surface area contributed by atoms with Crippen molar-refractivity contribution in [3.8, 4) is 0 Å². The second kappa shape index (κ2) is 14.3. The fourth-order valence-electron chi connectivity index (χ4n) is 4.57. The van der Waals surface area contributed by atoms with E-state index in [0.29, 0.717) is 22.0 Å². The van der Waals surface area contributed by atoms with Gasteiger partial charge in [0.05, 0.1) is 10.8 Å². The van der Waals surface area contributed by atoms with Gasteiger partial charge in [0.15, 0.2) is 5.82 Å². The minimum atomic E-state index is -0.474. The summed E-state index contributed by atoms with van der Waals surface area (Å²) in [6.45, 7) is 0. The molecule has 1 aliphatic carbocycles. The molecular weight excluding hydrogens is 610 g/mol. The number of aromatic nitrogens is 3. The molecule has 0 saturated heterocycles. The maximum Gasteiger partial charge on any atom is 0.270 e. The van der Waals surface area contributed by atoms with Gasteiger partial charge in [0.25, 0.3) is 11.8 Å². The highest BCUT2D eigenvalue weighted by Gasteiger charge is 2.25. The lowest BCUT2D eigenvalue weighted by Crippen LogP contribution is -2.42. The molecule has 2 aromatic heterocycles. The second-order valence-corrected chi connectivity index (χ2v) is 11.9. The Morgan fingerprint density at radius 1 is 0.860 bits per heavy atom. The van der Waals surface area contributed by atoms with E-state index in [0.717, 1.165) is 43.0 Å². The topological polar surface area (TPSA) is 147 Å². The number of hydrazine groups is 1. The molecule has 1 aliphatic rings. The van der Waals surface area contributed by atoms with Crippen LogP contribution in [0.25, 0.3) is 0 Å². The molecule has 43 heavy (non-hydrogen) atoms. The zero-order valence-electron chi connectivity index (χ0n) is 22.9. The molecule has 222 valence electrons. The summed E-state index contributed by atoms with van der Waals surface area (Å²) in [6.07, 6.45) is 4.20. The van der Waals surface area contributed by atoms with Crippen LogP contribution in [-0.2, 0) is 28.9 Å². The van der Waals surface area contributed by atoms with Gasteiger partial charge in [-0.05, 0) is 61.1 Å². The Bertz CT molecular complexity index is 1630. The van der Waals surface area contributed by atoms with E-state index in [1.165, 1.54) is 15.1 Å². The van der Waals surface area contributed by atoms with Gasteiger partial charge in [-0.15, -0.1) is 33.1 Å². The average Bonchev–Trinajstić information content (AvgIpc) is 3.59. The van der Waals surface area contributed by atoms with Gasteiger partial charge in [-0.1, -0.05) is 48.2 Å². The quantitative estimate of drug-likeness (QED) is 0.117. The Morgan fingerprint density at radius 3 is 2.23 bits per heavy atom. The standard InChI is InChI=1S/C29H28ClN7O4S2/c30-16-24(38)31-28-21(20-13-7-8-14-22(20)43-28)15-23-32-35-29(37(23)36-27(41)19-11-5-2-6-12-19)42-17-25(39)33-34-26(40)18-9-3-1-4-10-18/h1-6,9-12H,7-8,13-17H2,(H,31,38)(H,33,39)(H,34,40)(H,36,41). The molecule has 2 heterocycles. The third-order valence-electron chi connectivity index (χ3n) is 6.62. The summed E-state index contributed by atoms with van der Waals surface area (Å²) in [6, 6.07) is 17.2. The third-order valence-corrected chi connectivity index (χ3v) is 9.04. The number of amides is 4. The highest BCUT2D eigenvalue weighted by atomic mass is 35.5. The molecule has 0 radical (unpaired) electrons. The molecule has 4 aromatic rings. The van der Waals surface area contributed by atoms with Gasteiger partial charge < -0.3 is 5.32 Å². The number of nitrogens with one attached hydrogen (secondary N) is 4. The number of anilines is 1. The molecule has 4 amide bonds. The predicted molar refractivity (Wildman–Crippen MR) is 166 cm³/mol. The SMILES string of the molecule is O=C(CSc1nnc(Cc2c(NC(=O)CCl)sc3c2CCCC3)n1NC(=O)c1ccccc1)NNC(=O)c1ccccc1. The molecule has 0 unspecified atom stereocenters. The van der Waals surface area contributed by atoms with E-state index in [9.17, 15) is 19.2 Å². The lowest BCUT2D eigenvalue weighted by Gasteiger charge is -2.15. The molecular formula is C29H28ClN7O4S2. The van der Waals surface area contributed by atoms with Gasteiger partial charge >= 0.3 is 0 Å². The fourth-order valence-corrected chi connectivity index (χ4v) is 6.67. The number of hydrogen-bond donors (Lipinski definition) is 4. The number of carbonyl (C=O) groups is 4. The number of rotatable bonds is 10. The van der Waals surface area contributed by atoms with E-state index in [-0.39, 0.29) is 35.0 Å². The van der Waals surface area contributed by atoms with Crippen LogP contribution >= 0.6 is 34.7 Å². The Morgan fingerprint density at radius 2 is 1.53 bits per heavy atom. The zero-order chi connectivity index (χ0) is 30.2. The number of nitrogens with zero attached hydrogens (tertiary/aromatic N) is 3. The summed E-state index contributed by atoms with van der Waals surface area (Å²) >= 11 is 8.36. The molecule has 5 rings (SSSR count). The zero-order valence-corrected chi connectivity index (χ0v) is 25.3. The first kappa shape index (κ1) is 30.3. The number of thiophene rings is 1. The molecule has 0 aliphatic heterocycles. The van der Waals surface area contributed by atoms with Crippen LogP contribution in [0, 0.1) is 0 Å². The Hall–Kier alpha value is -4.20. The fraction of sp³-hybridized carbons (Fsp3) is 0.241. The van der Waals surface area contributed by atoms with Crippen LogP contribution in [0.4, 0.5) is 5.00 Å². The summed E-state index contributed by atoms with van der Waals surface area (Å²) in [5.41, 5.74) is 10.6. The lowest BCUT2D eigenvalue weighted by atomic mass is 9.94. The summed E-state index contributed by atoms with van der Waals surface area (Å²) in [5, 5.41) is 12.5. The van der Waals surface area contributed by atoms with Gasteiger partial charge in [0.2, 0.25) is 17.0 Å². The molecule has 0 spiro atoms. The van der Waals surface area contributed by atoms with Crippen LogP contribution in [0.3, 0.4) is 0 Å². The van der Waals surface area contributed by atoms with Gasteiger partial charge in [-0.3, -0.25) is 35.5 Å². The number of alkyl halides is 1. The van der Waals surface area contributed by atoms with Crippen molar-refractivity contribution >= 4 is 63.3 Å². The first-order chi connectivity index (χ1) is 20.9. The van der Waals surface area contributed by atoms with Crippen molar-refractivity contribution in [2.75, 3.05) is 22.4 Å². The molecule has 0 bridgehead atoms. The van der Waals surface area contributed by atoms with E-state index in [2.05, 4.69) is 31.8 Å². The van der Waals surface area contributed by atoms with Gasteiger partial charge in [-0.25, -0.2) is 4.68 Å². The van der Waals surface area contributed by atoms with E-state index in [1.54, 1.807) is 65.9 Å². The highest BCUT2D eigenvalue weighted by Crippen LogP contribution is 2.39. The maximum absolute atomic E-state index is 13.2. The van der Waals surface area contributed by atoms with Crippen LogP contribution in [0.2, 0.25) is 0 Å². The van der Waals surface area contributed by atoms with Crippen molar-refractivity contribution in [1.29, 1.82) is 0 Å². The second-order valence-electron chi connectivity index (χ2n) is 9.58. The van der Waals surface area contributed by atoms with Crippen molar-refractivity contribution < 1.29 is 19.2 Å². The molecule has 2 aromatic carbocycles. The van der Waals surface area contributed by atoms with Crippen molar-refractivity contribution in [2.45, 2.75) is 37.3 Å². The van der Waals surface area contributed by atoms with E-state index < -0.39 is 11.8 Å². The van der Waals surface area contributed by atoms with E-state index in [1.807, 2.05) is 6.07 Å². The molecule has 11 nitrogen and oxygen atoms in total. The van der Waals surface area contributed by atoms with Crippen LogP contribution in [0.1, 0.15) is 55.4 Å². The van der Waals surface area contributed by atoms with Crippen molar-refractivity contribution in [3.05, 3.63) is 93.6 Å². The lowest BCUT2D eigenvalue weighted by molar-refractivity contribution is -0.119. The minimum Gasteiger partial charge on any atom is -0.316 e. The van der Waals surface area contributed by atoms with Crippen LogP contribution in [-0.4, -0.2) is 50.1 Å². The van der Waals surface area contributed by atoms with Gasteiger partial charge in [-0.2, -0.15) is 0 Å². The largest absolute Gasteiger partial charge is 0.316 e. The van der Waals surface area contributed by atoms with Crippen molar-refractivity contribution in [3.63, 3.8) is 0 Å². The number of hydrogen-bond acceptors (Lipinski definition) is 8. The molecule has 0 fully saturated rings. The number of aryl methyl sites for hydroxylation is 1. The van der Waals surface area contributed by atoms with Crippen LogP contribution in [0.5, 0.6) is 0 Å². The van der Waals surface area contributed by atoms with Gasteiger partial charge in [0, 0.05) is 22.4 Å². The summed E-state index contributed by atoms with van der Waals surface area (Å²) < 4.78 is 1.47. The average molecular weight is 638 g/mol. The number of thioether (sulfide) groups is 1. The highest BCUT2D eigenvalue weighted by molar-refractivity contribution is 7.99. The molecule has 0 atom stereocenters. The molecule has 4 N–H and O–H groups in total. The van der Waals surface area contributed by atoms with Crippen LogP contribution in [0.15, 0.2) is 65.8 Å². The Labute approximate surface area is 260 Å². The van der Waals surface area contributed by atoms with Crippen molar-refractivity contribution in [1.82, 2.24) is 25.7 Å².